The average Bonchev–Trinajstić information content (AvgIpc) is 3.13. The maximum Gasteiger partial charge on any atom is 0.146 e. The van der Waals surface area contributed by atoms with Gasteiger partial charge < -0.3 is 0 Å². The monoisotopic (exact) mass is 373 g/mol. The van der Waals surface area contributed by atoms with Gasteiger partial charge in [-0.15, -0.1) is 0 Å². The molecule has 0 spiro atoms. The quantitative estimate of drug-likeness (QED) is 0.309. The number of hydrogen-bond donors (Lipinski definition) is 0. The molecule has 0 N–H and O–H groups in total. The summed E-state index contributed by atoms with van der Waals surface area (Å²) >= 11 is 0. The fourth-order valence-electron chi connectivity index (χ4n) is 4.57. The molecule has 0 fully saturated rings. The lowest BCUT2D eigenvalue weighted by molar-refractivity contribution is 1.28. The summed E-state index contributed by atoms with van der Waals surface area (Å²) in [6, 6.07) is 25.7. The fraction of sp³-hybridized carbons (Fsp3) is 0.0769. The van der Waals surface area contributed by atoms with E-state index in [9.17, 15) is 0 Å². The highest BCUT2D eigenvalue weighted by Crippen LogP contribution is 2.35. The minimum Gasteiger partial charge on any atom is -0.290 e. The third-order valence-electron chi connectivity index (χ3n) is 5.66. The number of aromatic nitrogens is 3. The molecule has 0 unspecified atom stereocenters. The van der Waals surface area contributed by atoms with Gasteiger partial charge >= 0.3 is 0 Å². The molecular formula is C26H19N3. The van der Waals surface area contributed by atoms with Gasteiger partial charge in [0.25, 0.3) is 0 Å². The van der Waals surface area contributed by atoms with Crippen LogP contribution in [0.4, 0.5) is 0 Å². The van der Waals surface area contributed by atoms with E-state index in [1.165, 1.54) is 21.9 Å². The first kappa shape index (κ1) is 16.3. The van der Waals surface area contributed by atoms with Crippen molar-refractivity contribution in [2.24, 2.45) is 0 Å². The number of nitrogens with zero attached hydrogens (tertiary/aromatic N) is 3. The average molecular weight is 373 g/mol. The molecule has 3 aromatic heterocycles. The summed E-state index contributed by atoms with van der Waals surface area (Å²) in [5, 5.41) is 3.62. The van der Waals surface area contributed by atoms with Crippen LogP contribution in [0.15, 0.2) is 79.0 Å². The van der Waals surface area contributed by atoms with Crippen LogP contribution < -0.4 is 0 Å². The van der Waals surface area contributed by atoms with Gasteiger partial charge in [0, 0.05) is 22.5 Å². The summed E-state index contributed by atoms with van der Waals surface area (Å²) in [5.41, 5.74) is 8.75. The highest BCUT2D eigenvalue weighted by Gasteiger charge is 2.17. The van der Waals surface area contributed by atoms with Crippen molar-refractivity contribution in [1.29, 1.82) is 0 Å². The number of imidazole rings is 1. The van der Waals surface area contributed by atoms with Crippen LogP contribution in [0.1, 0.15) is 11.1 Å². The lowest BCUT2D eigenvalue weighted by atomic mass is 10.0. The molecule has 3 nitrogen and oxygen atoms in total. The highest BCUT2D eigenvalue weighted by molar-refractivity contribution is 6.14. The van der Waals surface area contributed by atoms with Gasteiger partial charge in [-0.1, -0.05) is 59.7 Å². The Morgan fingerprint density at radius 3 is 2.21 bits per heavy atom. The number of rotatable bonds is 1. The van der Waals surface area contributed by atoms with Gasteiger partial charge in [0.1, 0.15) is 5.65 Å². The Morgan fingerprint density at radius 2 is 1.41 bits per heavy atom. The molecule has 0 amide bonds. The second-order valence-corrected chi connectivity index (χ2v) is 7.74. The topological polar surface area (TPSA) is 30.2 Å². The van der Waals surface area contributed by atoms with Crippen molar-refractivity contribution in [2.75, 3.05) is 0 Å². The summed E-state index contributed by atoms with van der Waals surface area (Å²) in [7, 11) is 0. The normalized spacial score (nSPS) is 11.8. The van der Waals surface area contributed by atoms with E-state index in [0.29, 0.717) is 0 Å². The Labute approximate surface area is 168 Å². The lowest BCUT2D eigenvalue weighted by Crippen LogP contribution is -1.94. The van der Waals surface area contributed by atoms with Crippen LogP contribution in [0.5, 0.6) is 0 Å². The summed E-state index contributed by atoms with van der Waals surface area (Å²) < 4.78 is 2.28. The van der Waals surface area contributed by atoms with Gasteiger partial charge in [-0.2, -0.15) is 0 Å². The van der Waals surface area contributed by atoms with Crippen molar-refractivity contribution in [3.8, 4) is 11.3 Å². The zero-order valence-corrected chi connectivity index (χ0v) is 16.3. The fourth-order valence-corrected chi connectivity index (χ4v) is 4.57. The Kier molecular flexibility index (Phi) is 3.30. The van der Waals surface area contributed by atoms with Crippen LogP contribution in [-0.4, -0.2) is 14.4 Å². The van der Waals surface area contributed by atoms with E-state index in [-0.39, 0.29) is 0 Å². The van der Waals surface area contributed by atoms with Crippen LogP contribution >= 0.6 is 0 Å². The van der Waals surface area contributed by atoms with E-state index in [2.05, 4.69) is 85.0 Å². The van der Waals surface area contributed by atoms with Gasteiger partial charge in [-0.3, -0.25) is 9.38 Å². The molecule has 0 radical (unpaired) electrons. The van der Waals surface area contributed by atoms with Crippen molar-refractivity contribution in [3.05, 3.63) is 90.1 Å². The molecular weight excluding hydrogens is 354 g/mol. The molecule has 0 aliphatic rings. The second-order valence-electron chi connectivity index (χ2n) is 7.74. The van der Waals surface area contributed by atoms with Gasteiger partial charge in [-0.25, -0.2) is 4.98 Å². The molecule has 0 saturated heterocycles. The van der Waals surface area contributed by atoms with Crippen molar-refractivity contribution in [3.63, 3.8) is 0 Å². The number of para-hydroxylation sites is 1. The van der Waals surface area contributed by atoms with Crippen molar-refractivity contribution in [1.82, 2.24) is 14.4 Å². The van der Waals surface area contributed by atoms with E-state index in [4.69, 9.17) is 9.97 Å². The highest BCUT2D eigenvalue weighted by atomic mass is 15.0. The zero-order chi connectivity index (χ0) is 19.5. The minimum absolute atomic E-state index is 0.968. The van der Waals surface area contributed by atoms with Crippen LogP contribution in [0, 0.1) is 13.8 Å². The number of pyridine rings is 2. The van der Waals surface area contributed by atoms with Gasteiger partial charge in [0.15, 0.2) is 0 Å². The Hall–Kier alpha value is -3.72. The molecule has 3 heterocycles. The number of fused-ring (bicyclic) bond motifs is 8. The van der Waals surface area contributed by atoms with E-state index >= 15 is 0 Å². The first-order valence-electron chi connectivity index (χ1n) is 9.86. The Morgan fingerprint density at radius 1 is 0.724 bits per heavy atom. The van der Waals surface area contributed by atoms with Crippen LogP contribution in [0.25, 0.3) is 49.6 Å². The van der Waals surface area contributed by atoms with Crippen LogP contribution in [0.2, 0.25) is 0 Å². The first-order chi connectivity index (χ1) is 14.2. The maximum absolute atomic E-state index is 5.05. The third-order valence-corrected chi connectivity index (χ3v) is 5.66. The van der Waals surface area contributed by atoms with Crippen molar-refractivity contribution >= 4 is 38.4 Å². The molecule has 3 heteroatoms. The Bertz CT molecular complexity index is 1550. The SMILES string of the molecule is Cc1cc(C)cc(-c2nccc3nc4c5ccccc5c5ccccc5n4c23)c1. The molecule has 0 saturated carbocycles. The van der Waals surface area contributed by atoms with Gasteiger partial charge in [0.05, 0.1) is 22.2 Å². The number of aryl methyl sites for hydroxylation is 2. The van der Waals surface area contributed by atoms with E-state index in [1.807, 2.05) is 12.3 Å². The summed E-state index contributed by atoms with van der Waals surface area (Å²) in [6.45, 7) is 4.27. The molecule has 0 atom stereocenters. The first-order valence-corrected chi connectivity index (χ1v) is 9.86. The molecule has 138 valence electrons. The van der Waals surface area contributed by atoms with E-state index in [1.54, 1.807) is 0 Å². The zero-order valence-electron chi connectivity index (χ0n) is 16.3. The molecule has 6 aromatic rings. The van der Waals surface area contributed by atoms with Crippen molar-refractivity contribution < 1.29 is 0 Å². The van der Waals surface area contributed by atoms with Gasteiger partial charge in [-0.05, 0) is 43.5 Å². The van der Waals surface area contributed by atoms with E-state index in [0.717, 1.165) is 38.8 Å². The summed E-state index contributed by atoms with van der Waals surface area (Å²) in [4.78, 5) is 9.86. The Balaban J connectivity index is 1.89. The van der Waals surface area contributed by atoms with Crippen LogP contribution in [0.3, 0.4) is 0 Å². The molecule has 0 aliphatic heterocycles. The lowest BCUT2D eigenvalue weighted by Gasteiger charge is -2.11. The predicted octanol–water partition coefficient (Wildman–Crippen LogP) is 6.47. The molecule has 6 rings (SSSR count). The maximum atomic E-state index is 5.05. The van der Waals surface area contributed by atoms with Crippen molar-refractivity contribution in [2.45, 2.75) is 13.8 Å². The third kappa shape index (κ3) is 2.31. The summed E-state index contributed by atoms with van der Waals surface area (Å²) in [6.07, 6.45) is 1.87. The number of benzene rings is 3. The standard InChI is InChI=1S/C26H19N3/c1-16-13-17(2)15-18(14-16)24-25-22(11-12-27-24)28-26-21-9-4-3-7-19(21)20-8-5-6-10-23(20)29(25)26/h3-15H,1-2H3. The largest absolute Gasteiger partial charge is 0.290 e. The van der Waals surface area contributed by atoms with E-state index < -0.39 is 0 Å². The predicted molar refractivity (Wildman–Crippen MR) is 120 cm³/mol. The smallest absolute Gasteiger partial charge is 0.146 e. The molecule has 0 bridgehead atoms. The number of hydrogen-bond acceptors (Lipinski definition) is 2. The minimum atomic E-state index is 0.968. The van der Waals surface area contributed by atoms with Gasteiger partial charge in [0.2, 0.25) is 0 Å². The molecule has 0 aliphatic carbocycles. The van der Waals surface area contributed by atoms with Crippen LogP contribution in [-0.2, 0) is 0 Å². The molecule has 29 heavy (non-hydrogen) atoms. The second kappa shape index (κ2) is 5.89. The summed E-state index contributed by atoms with van der Waals surface area (Å²) in [5.74, 6) is 0. The molecule has 3 aromatic carbocycles.